The molecule has 162 valence electrons. The van der Waals surface area contributed by atoms with Gasteiger partial charge in [-0.25, -0.2) is 8.78 Å². The standard InChI is InChI=1S/C23H24F2N4O2/c1-16-2-3-22(28-8-10-31-11-9-28)18(12-16)23(30)29-6-4-27(5-7-29)17-13-20(24)19(15-26)21(25)14-17/h2-3,12-14H,4-11H2,1H3. The first kappa shape index (κ1) is 21.1. The Kier molecular flexibility index (Phi) is 6.05. The largest absolute Gasteiger partial charge is 0.378 e. The fraction of sp³-hybridized carbons (Fsp3) is 0.391. The number of amides is 1. The average molecular weight is 426 g/mol. The number of aryl methyl sites for hydroxylation is 1. The van der Waals surface area contributed by atoms with E-state index in [4.69, 9.17) is 10.00 Å². The average Bonchev–Trinajstić information content (AvgIpc) is 2.79. The number of halogens is 2. The van der Waals surface area contributed by atoms with Gasteiger partial charge in [0.2, 0.25) is 0 Å². The Morgan fingerprint density at radius 2 is 1.61 bits per heavy atom. The predicted molar refractivity (Wildman–Crippen MR) is 113 cm³/mol. The molecule has 1 amide bonds. The summed E-state index contributed by atoms with van der Waals surface area (Å²) in [6.45, 7) is 6.52. The van der Waals surface area contributed by atoms with Gasteiger partial charge in [-0.3, -0.25) is 4.79 Å². The number of morpholine rings is 1. The first-order chi connectivity index (χ1) is 15.0. The highest BCUT2D eigenvalue weighted by molar-refractivity contribution is 6.00. The van der Waals surface area contributed by atoms with Crippen LogP contribution in [0, 0.1) is 29.9 Å². The molecule has 0 atom stereocenters. The third-order valence-corrected chi connectivity index (χ3v) is 5.80. The van der Waals surface area contributed by atoms with E-state index in [1.54, 1.807) is 4.90 Å². The third kappa shape index (κ3) is 4.32. The molecule has 2 aliphatic rings. The van der Waals surface area contributed by atoms with Crippen molar-refractivity contribution in [3.05, 3.63) is 58.7 Å². The molecule has 0 bridgehead atoms. The molecule has 0 N–H and O–H groups in total. The molecule has 2 aromatic carbocycles. The lowest BCUT2D eigenvalue weighted by molar-refractivity contribution is 0.0746. The molecule has 0 aliphatic carbocycles. The normalized spacial score (nSPS) is 16.9. The lowest BCUT2D eigenvalue weighted by atomic mass is 10.1. The van der Waals surface area contributed by atoms with E-state index in [-0.39, 0.29) is 5.91 Å². The first-order valence-corrected chi connectivity index (χ1v) is 10.3. The fourth-order valence-corrected chi connectivity index (χ4v) is 4.09. The lowest BCUT2D eigenvalue weighted by Crippen LogP contribution is -2.49. The lowest BCUT2D eigenvalue weighted by Gasteiger charge is -2.37. The van der Waals surface area contributed by atoms with Crippen LogP contribution in [0.5, 0.6) is 0 Å². The molecule has 2 saturated heterocycles. The number of piperazine rings is 1. The molecule has 4 rings (SSSR count). The molecule has 2 heterocycles. The number of ether oxygens (including phenoxy) is 1. The minimum absolute atomic E-state index is 0.0398. The molecule has 0 aromatic heterocycles. The predicted octanol–water partition coefficient (Wildman–Crippen LogP) is 2.94. The molecule has 0 unspecified atom stereocenters. The van der Waals surface area contributed by atoms with E-state index >= 15 is 0 Å². The first-order valence-electron chi connectivity index (χ1n) is 10.3. The van der Waals surface area contributed by atoms with Gasteiger partial charge in [-0.15, -0.1) is 0 Å². The van der Waals surface area contributed by atoms with Crippen LogP contribution in [0.25, 0.3) is 0 Å². The number of hydrogen-bond acceptors (Lipinski definition) is 5. The van der Waals surface area contributed by atoms with Crippen molar-refractivity contribution in [2.45, 2.75) is 6.92 Å². The number of nitrogens with zero attached hydrogens (tertiary/aromatic N) is 4. The van der Waals surface area contributed by atoms with Crippen LogP contribution in [0.4, 0.5) is 20.2 Å². The fourth-order valence-electron chi connectivity index (χ4n) is 4.09. The molecular formula is C23H24F2N4O2. The van der Waals surface area contributed by atoms with E-state index in [1.807, 2.05) is 30.0 Å². The molecular weight excluding hydrogens is 402 g/mol. The van der Waals surface area contributed by atoms with Crippen LogP contribution >= 0.6 is 0 Å². The Morgan fingerprint density at radius 3 is 2.23 bits per heavy atom. The van der Waals surface area contributed by atoms with Crippen LogP contribution in [0.2, 0.25) is 0 Å². The Morgan fingerprint density at radius 1 is 0.968 bits per heavy atom. The molecule has 2 aromatic rings. The van der Waals surface area contributed by atoms with Crippen LogP contribution < -0.4 is 9.80 Å². The highest BCUT2D eigenvalue weighted by Crippen LogP contribution is 2.27. The van der Waals surface area contributed by atoms with Crippen LogP contribution in [-0.2, 0) is 4.74 Å². The van der Waals surface area contributed by atoms with Crippen LogP contribution in [0.15, 0.2) is 30.3 Å². The zero-order valence-electron chi connectivity index (χ0n) is 17.4. The Bertz CT molecular complexity index is 1000. The monoisotopic (exact) mass is 426 g/mol. The van der Waals surface area contributed by atoms with Crippen LogP contribution in [-0.4, -0.2) is 63.3 Å². The van der Waals surface area contributed by atoms with Gasteiger partial charge in [-0.2, -0.15) is 5.26 Å². The molecule has 0 saturated carbocycles. The van der Waals surface area contributed by atoms with Crippen molar-refractivity contribution in [1.82, 2.24) is 4.90 Å². The second-order valence-electron chi connectivity index (χ2n) is 7.80. The van der Waals surface area contributed by atoms with Crippen molar-refractivity contribution >= 4 is 17.3 Å². The van der Waals surface area contributed by atoms with Gasteiger partial charge in [0.05, 0.1) is 18.8 Å². The quantitative estimate of drug-likeness (QED) is 0.755. The molecule has 2 aliphatic heterocycles. The SMILES string of the molecule is Cc1ccc(N2CCOCC2)c(C(=O)N2CCN(c3cc(F)c(C#N)c(F)c3)CC2)c1. The van der Waals surface area contributed by atoms with Crippen molar-refractivity contribution in [3.8, 4) is 6.07 Å². The molecule has 2 fully saturated rings. The Hall–Kier alpha value is -3.18. The number of benzene rings is 2. The summed E-state index contributed by atoms with van der Waals surface area (Å²) in [4.78, 5) is 19.1. The van der Waals surface area contributed by atoms with E-state index < -0.39 is 17.2 Å². The van der Waals surface area contributed by atoms with Gasteiger partial charge < -0.3 is 19.4 Å². The number of hydrogen-bond donors (Lipinski definition) is 0. The topological polar surface area (TPSA) is 59.8 Å². The van der Waals surface area contributed by atoms with E-state index in [1.165, 1.54) is 18.2 Å². The smallest absolute Gasteiger partial charge is 0.256 e. The molecule has 0 spiro atoms. The summed E-state index contributed by atoms with van der Waals surface area (Å²) in [7, 11) is 0. The second kappa shape index (κ2) is 8.90. The summed E-state index contributed by atoms with van der Waals surface area (Å²) in [5.41, 5.74) is 2.41. The molecule has 31 heavy (non-hydrogen) atoms. The summed E-state index contributed by atoms with van der Waals surface area (Å²) < 4.78 is 33.4. The van der Waals surface area contributed by atoms with Gasteiger partial charge in [-0.05, 0) is 31.2 Å². The maximum Gasteiger partial charge on any atom is 0.256 e. The van der Waals surface area contributed by atoms with Crippen LogP contribution in [0.1, 0.15) is 21.5 Å². The summed E-state index contributed by atoms with van der Waals surface area (Å²) in [6, 6.07) is 9.81. The zero-order chi connectivity index (χ0) is 22.0. The summed E-state index contributed by atoms with van der Waals surface area (Å²) >= 11 is 0. The van der Waals surface area contributed by atoms with Crippen molar-refractivity contribution in [2.24, 2.45) is 0 Å². The van der Waals surface area contributed by atoms with Crippen molar-refractivity contribution < 1.29 is 18.3 Å². The van der Waals surface area contributed by atoms with Gasteiger partial charge in [-0.1, -0.05) is 11.6 Å². The van der Waals surface area contributed by atoms with Gasteiger partial charge >= 0.3 is 0 Å². The van der Waals surface area contributed by atoms with E-state index in [0.717, 1.165) is 24.3 Å². The molecule has 8 heteroatoms. The van der Waals surface area contributed by atoms with Gasteiger partial charge in [0, 0.05) is 50.6 Å². The number of carbonyl (C=O) groups is 1. The van der Waals surface area contributed by atoms with E-state index in [2.05, 4.69) is 4.90 Å². The maximum atomic E-state index is 14.0. The minimum atomic E-state index is -0.870. The van der Waals surface area contributed by atoms with Crippen molar-refractivity contribution in [2.75, 3.05) is 62.3 Å². The van der Waals surface area contributed by atoms with E-state index in [0.29, 0.717) is 50.6 Å². The maximum absolute atomic E-state index is 14.0. The van der Waals surface area contributed by atoms with Gasteiger partial charge in [0.25, 0.3) is 5.91 Å². The highest BCUT2D eigenvalue weighted by atomic mass is 19.1. The number of nitriles is 1. The highest BCUT2D eigenvalue weighted by Gasteiger charge is 2.27. The van der Waals surface area contributed by atoms with E-state index in [9.17, 15) is 13.6 Å². The Balaban J connectivity index is 1.49. The second-order valence-corrected chi connectivity index (χ2v) is 7.80. The zero-order valence-corrected chi connectivity index (χ0v) is 17.4. The number of rotatable bonds is 3. The summed E-state index contributed by atoms with van der Waals surface area (Å²) in [6.07, 6.45) is 0. The Labute approximate surface area is 180 Å². The van der Waals surface area contributed by atoms with Gasteiger partial charge in [0.15, 0.2) is 0 Å². The van der Waals surface area contributed by atoms with Crippen molar-refractivity contribution in [1.29, 1.82) is 5.26 Å². The number of anilines is 2. The number of carbonyl (C=O) groups excluding carboxylic acids is 1. The summed E-state index contributed by atoms with van der Waals surface area (Å²) in [5, 5.41) is 8.84. The van der Waals surface area contributed by atoms with Gasteiger partial charge in [0.1, 0.15) is 23.3 Å². The van der Waals surface area contributed by atoms with Crippen molar-refractivity contribution in [3.63, 3.8) is 0 Å². The minimum Gasteiger partial charge on any atom is -0.378 e. The summed E-state index contributed by atoms with van der Waals surface area (Å²) in [5.74, 6) is -1.78. The third-order valence-electron chi connectivity index (χ3n) is 5.80. The molecule has 6 nitrogen and oxygen atoms in total. The van der Waals surface area contributed by atoms with Crippen LogP contribution in [0.3, 0.4) is 0 Å². The molecule has 0 radical (unpaired) electrons.